The minimum atomic E-state index is -3.69. The SMILES string of the molecule is CC(CO)NC(=O)c1ccc(S(=O)(=O)N(C)C)o1. The van der Waals surface area contributed by atoms with Crippen molar-refractivity contribution in [2.45, 2.75) is 18.1 Å². The highest BCUT2D eigenvalue weighted by atomic mass is 32.2. The van der Waals surface area contributed by atoms with Crippen molar-refractivity contribution < 1.29 is 22.7 Å². The van der Waals surface area contributed by atoms with Gasteiger partial charge in [-0.1, -0.05) is 0 Å². The van der Waals surface area contributed by atoms with Crippen LogP contribution in [0.1, 0.15) is 17.5 Å². The first kappa shape index (κ1) is 14.7. The van der Waals surface area contributed by atoms with Crippen LogP contribution in [0.25, 0.3) is 0 Å². The molecule has 0 saturated carbocycles. The van der Waals surface area contributed by atoms with Gasteiger partial charge in [-0.15, -0.1) is 0 Å². The Hall–Kier alpha value is -1.38. The molecule has 7 nitrogen and oxygen atoms in total. The molecule has 1 heterocycles. The fourth-order valence-corrected chi connectivity index (χ4v) is 1.90. The van der Waals surface area contributed by atoms with Crippen LogP contribution >= 0.6 is 0 Å². The molecule has 0 aliphatic heterocycles. The summed E-state index contributed by atoms with van der Waals surface area (Å²) in [4.78, 5) is 11.6. The molecule has 1 amide bonds. The maximum atomic E-state index is 11.7. The van der Waals surface area contributed by atoms with E-state index >= 15 is 0 Å². The molecule has 1 rings (SSSR count). The minimum Gasteiger partial charge on any atom is -0.438 e. The van der Waals surface area contributed by atoms with E-state index in [9.17, 15) is 13.2 Å². The number of hydrogen-bond acceptors (Lipinski definition) is 5. The van der Waals surface area contributed by atoms with E-state index in [1.165, 1.54) is 26.2 Å². The molecular formula is C10H16N2O5S. The second-order valence-corrected chi connectivity index (χ2v) is 6.05. The van der Waals surface area contributed by atoms with Crippen LogP contribution in [0.5, 0.6) is 0 Å². The van der Waals surface area contributed by atoms with Crippen LogP contribution in [0.4, 0.5) is 0 Å². The van der Waals surface area contributed by atoms with E-state index in [0.29, 0.717) is 0 Å². The number of furan rings is 1. The summed E-state index contributed by atoms with van der Waals surface area (Å²) >= 11 is 0. The average molecular weight is 276 g/mol. The van der Waals surface area contributed by atoms with E-state index in [1.54, 1.807) is 6.92 Å². The van der Waals surface area contributed by atoms with Crippen molar-refractivity contribution in [3.63, 3.8) is 0 Å². The monoisotopic (exact) mass is 276 g/mol. The second kappa shape index (κ2) is 5.51. The smallest absolute Gasteiger partial charge is 0.287 e. The number of rotatable bonds is 5. The fraction of sp³-hybridized carbons (Fsp3) is 0.500. The highest BCUT2D eigenvalue weighted by Gasteiger charge is 2.23. The lowest BCUT2D eigenvalue weighted by molar-refractivity contribution is 0.0889. The average Bonchev–Trinajstić information content (AvgIpc) is 2.78. The lowest BCUT2D eigenvalue weighted by Gasteiger charge is -2.09. The van der Waals surface area contributed by atoms with Crippen LogP contribution in [-0.2, 0) is 10.0 Å². The third kappa shape index (κ3) is 3.09. The summed E-state index contributed by atoms with van der Waals surface area (Å²) in [6, 6.07) is 2.06. The maximum Gasteiger partial charge on any atom is 0.287 e. The number of carbonyl (C=O) groups is 1. The van der Waals surface area contributed by atoms with Crippen molar-refractivity contribution >= 4 is 15.9 Å². The van der Waals surface area contributed by atoms with Gasteiger partial charge in [-0.25, -0.2) is 12.7 Å². The predicted molar refractivity (Wildman–Crippen MR) is 63.6 cm³/mol. The molecule has 0 bridgehead atoms. The molecule has 0 saturated heterocycles. The largest absolute Gasteiger partial charge is 0.438 e. The molecular weight excluding hydrogens is 260 g/mol. The van der Waals surface area contributed by atoms with Gasteiger partial charge in [-0.2, -0.15) is 0 Å². The zero-order valence-electron chi connectivity index (χ0n) is 10.4. The van der Waals surface area contributed by atoms with Crippen molar-refractivity contribution in [2.24, 2.45) is 0 Å². The number of nitrogens with zero attached hydrogens (tertiary/aromatic N) is 1. The Morgan fingerprint density at radius 1 is 1.50 bits per heavy atom. The fourth-order valence-electron chi connectivity index (χ4n) is 1.10. The third-order valence-electron chi connectivity index (χ3n) is 2.19. The molecule has 8 heteroatoms. The molecule has 0 aliphatic rings. The predicted octanol–water partition coefficient (Wildman–Crippen LogP) is -0.359. The normalized spacial score (nSPS) is 13.6. The van der Waals surface area contributed by atoms with Crippen LogP contribution in [0.3, 0.4) is 0 Å². The van der Waals surface area contributed by atoms with Crippen molar-refractivity contribution in [2.75, 3.05) is 20.7 Å². The standard InChI is InChI=1S/C10H16N2O5S/c1-7(6-13)11-10(14)8-4-5-9(17-8)18(15,16)12(2)3/h4-5,7,13H,6H2,1-3H3,(H,11,14). The zero-order valence-corrected chi connectivity index (χ0v) is 11.2. The summed E-state index contributed by atoms with van der Waals surface area (Å²) in [5.41, 5.74) is 0. The van der Waals surface area contributed by atoms with Gasteiger partial charge in [0.1, 0.15) is 0 Å². The van der Waals surface area contributed by atoms with E-state index in [4.69, 9.17) is 9.52 Å². The molecule has 0 radical (unpaired) electrons. The number of nitrogens with one attached hydrogen (secondary N) is 1. The molecule has 0 spiro atoms. The van der Waals surface area contributed by atoms with Crippen LogP contribution in [0.2, 0.25) is 0 Å². The van der Waals surface area contributed by atoms with Gasteiger partial charge < -0.3 is 14.8 Å². The molecule has 18 heavy (non-hydrogen) atoms. The number of aliphatic hydroxyl groups is 1. The van der Waals surface area contributed by atoms with Gasteiger partial charge in [-0.05, 0) is 19.1 Å². The van der Waals surface area contributed by atoms with E-state index in [1.807, 2.05) is 0 Å². The number of amides is 1. The molecule has 0 aromatic carbocycles. The third-order valence-corrected chi connectivity index (χ3v) is 3.88. The van der Waals surface area contributed by atoms with Gasteiger partial charge in [0, 0.05) is 20.1 Å². The molecule has 1 atom stereocenters. The van der Waals surface area contributed by atoms with Gasteiger partial charge in [0.25, 0.3) is 15.9 Å². The van der Waals surface area contributed by atoms with Crippen molar-refractivity contribution in [1.82, 2.24) is 9.62 Å². The Bertz CT molecular complexity index is 520. The Morgan fingerprint density at radius 2 is 2.11 bits per heavy atom. The van der Waals surface area contributed by atoms with Crippen LogP contribution < -0.4 is 5.32 Å². The lowest BCUT2D eigenvalue weighted by Crippen LogP contribution is -2.34. The maximum absolute atomic E-state index is 11.7. The summed E-state index contributed by atoms with van der Waals surface area (Å²) in [6.07, 6.45) is 0. The van der Waals surface area contributed by atoms with E-state index < -0.39 is 22.0 Å². The van der Waals surface area contributed by atoms with Gasteiger partial charge in [-0.3, -0.25) is 4.79 Å². The van der Waals surface area contributed by atoms with Gasteiger partial charge >= 0.3 is 0 Å². The molecule has 1 unspecified atom stereocenters. The highest BCUT2D eigenvalue weighted by Crippen LogP contribution is 2.16. The molecule has 102 valence electrons. The minimum absolute atomic E-state index is 0.115. The van der Waals surface area contributed by atoms with E-state index in [0.717, 1.165) is 4.31 Å². The topological polar surface area (TPSA) is 99.8 Å². The van der Waals surface area contributed by atoms with Gasteiger partial charge in [0.05, 0.1) is 6.61 Å². The summed E-state index contributed by atoms with van der Waals surface area (Å²) in [5.74, 6) is -0.688. The summed E-state index contributed by atoms with van der Waals surface area (Å²) < 4.78 is 29.4. The Morgan fingerprint density at radius 3 is 2.61 bits per heavy atom. The number of sulfonamides is 1. The van der Waals surface area contributed by atoms with Crippen LogP contribution in [-0.4, -0.2) is 50.5 Å². The molecule has 0 fully saturated rings. The number of aliphatic hydroxyl groups excluding tert-OH is 1. The van der Waals surface area contributed by atoms with Crippen LogP contribution in [0.15, 0.2) is 21.6 Å². The van der Waals surface area contributed by atoms with Gasteiger partial charge in [0.2, 0.25) is 5.09 Å². The van der Waals surface area contributed by atoms with Crippen molar-refractivity contribution in [1.29, 1.82) is 0 Å². The first-order valence-electron chi connectivity index (χ1n) is 5.23. The molecule has 0 aliphatic carbocycles. The Balaban J connectivity index is 2.91. The van der Waals surface area contributed by atoms with Gasteiger partial charge in [0.15, 0.2) is 5.76 Å². The molecule has 1 aromatic heterocycles. The quantitative estimate of drug-likeness (QED) is 0.765. The Kier molecular flexibility index (Phi) is 4.49. The number of hydrogen-bond donors (Lipinski definition) is 2. The van der Waals surface area contributed by atoms with Crippen molar-refractivity contribution in [3.8, 4) is 0 Å². The second-order valence-electron chi connectivity index (χ2n) is 3.96. The zero-order chi connectivity index (χ0) is 13.9. The molecule has 2 N–H and O–H groups in total. The summed E-state index contributed by atoms with van der Waals surface area (Å²) in [7, 11) is -0.953. The molecule has 1 aromatic rings. The van der Waals surface area contributed by atoms with Crippen LogP contribution in [0, 0.1) is 0 Å². The Labute approximate surface area is 105 Å². The highest BCUT2D eigenvalue weighted by molar-refractivity contribution is 7.88. The summed E-state index contributed by atoms with van der Waals surface area (Å²) in [5, 5.41) is 10.9. The first-order valence-corrected chi connectivity index (χ1v) is 6.67. The van der Waals surface area contributed by atoms with E-state index in [2.05, 4.69) is 5.32 Å². The summed E-state index contributed by atoms with van der Waals surface area (Å²) in [6.45, 7) is 1.40. The number of carbonyl (C=O) groups excluding carboxylic acids is 1. The first-order chi connectivity index (χ1) is 8.28. The van der Waals surface area contributed by atoms with E-state index in [-0.39, 0.29) is 17.5 Å². The van der Waals surface area contributed by atoms with Crippen molar-refractivity contribution in [3.05, 3.63) is 17.9 Å². The lowest BCUT2D eigenvalue weighted by atomic mass is 10.3.